The molecular formula is C9H14N6O2S. The summed E-state index contributed by atoms with van der Waals surface area (Å²) in [6, 6.07) is 0. The second-order valence-corrected chi connectivity index (χ2v) is 5.55. The highest BCUT2D eigenvalue weighted by Crippen LogP contribution is 2.23. The second kappa shape index (κ2) is 4.02. The van der Waals surface area contributed by atoms with Gasteiger partial charge in [-0.05, 0) is 6.92 Å². The molecule has 0 aromatic carbocycles. The molecular weight excluding hydrogens is 256 g/mol. The molecule has 2 aromatic heterocycles. The zero-order valence-electron chi connectivity index (χ0n) is 10.2. The molecule has 0 saturated heterocycles. The summed E-state index contributed by atoms with van der Waals surface area (Å²) in [7, 11) is -0.423. The molecule has 0 aliphatic carbocycles. The lowest BCUT2D eigenvalue weighted by atomic mass is 10.5. The van der Waals surface area contributed by atoms with Crippen LogP contribution in [0.1, 0.15) is 5.69 Å². The molecule has 2 rings (SSSR count). The second-order valence-electron chi connectivity index (χ2n) is 3.93. The maximum atomic E-state index is 12.2. The molecule has 0 bridgehead atoms. The van der Waals surface area contributed by atoms with Crippen molar-refractivity contribution >= 4 is 21.5 Å². The first-order chi connectivity index (χ1) is 8.31. The molecule has 2 heterocycles. The van der Waals surface area contributed by atoms with Crippen molar-refractivity contribution in [2.24, 2.45) is 14.1 Å². The Bertz CT molecular complexity index is 684. The summed E-state index contributed by atoms with van der Waals surface area (Å²) in [4.78, 5) is -0.00569. The molecule has 0 aliphatic rings. The van der Waals surface area contributed by atoms with Crippen LogP contribution in [0.25, 0.3) is 0 Å². The monoisotopic (exact) mass is 270 g/mol. The minimum atomic E-state index is -3.75. The van der Waals surface area contributed by atoms with Gasteiger partial charge in [0.1, 0.15) is 0 Å². The Balaban J connectivity index is 2.43. The van der Waals surface area contributed by atoms with Gasteiger partial charge in [-0.1, -0.05) is 0 Å². The maximum absolute atomic E-state index is 12.2. The van der Waals surface area contributed by atoms with E-state index in [4.69, 9.17) is 5.73 Å². The number of anilines is 2. The standard InChI is InChI=1S/C9H14N6O2S/c1-6-8(9(10)12-15(6)3)18(16,17)13-7-4-11-14(2)5-7/h4-5,13H,1-3H3,(H2,10,12). The van der Waals surface area contributed by atoms with Gasteiger partial charge in [0.25, 0.3) is 10.0 Å². The zero-order valence-corrected chi connectivity index (χ0v) is 11.1. The first kappa shape index (κ1) is 12.4. The SMILES string of the molecule is Cc1c(S(=O)(=O)Nc2cnn(C)c2)c(N)nn1C. The maximum Gasteiger partial charge on any atom is 0.267 e. The lowest BCUT2D eigenvalue weighted by molar-refractivity contribution is 0.600. The third-order valence-corrected chi connectivity index (χ3v) is 4.08. The molecule has 0 spiro atoms. The molecule has 18 heavy (non-hydrogen) atoms. The highest BCUT2D eigenvalue weighted by atomic mass is 32.2. The summed E-state index contributed by atoms with van der Waals surface area (Å²) in [6.07, 6.45) is 2.97. The summed E-state index contributed by atoms with van der Waals surface area (Å²) in [5.41, 5.74) is 6.47. The van der Waals surface area contributed by atoms with Crippen molar-refractivity contribution in [3.63, 3.8) is 0 Å². The summed E-state index contributed by atoms with van der Waals surface area (Å²) in [6.45, 7) is 1.64. The average molecular weight is 270 g/mol. The van der Waals surface area contributed by atoms with Crippen molar-refractivity contribution in [2.45, 2.75) is 11.8 Å². The van der Waals surface area contributed by atoms with E-state index in [2.05, 4.69) is 14.9 Å². The van der Waals surface area contributed by atoms with E-state index in [1.807, 2.05) is 0 Å². The molecule has 3 N–H and O–H groups in total. The lowest BCUT2D eigenvalue weighted by Crippen LogP contribution is -2.15. The number of nitrogens with zero attached hydrogens (tertiary/aromatic N) is 4. The molecule has 9 heteroatoms. The van der Waals surface area contributed by atoms with Crippen LogP contribution in [-0.4, -0.2) is 28.0 Å². The van der Waals surface area contributed by atoms with E-state index in [1.165, 1.54) is 15.6 Å². The number of sulfonamides is 1. The van der Waals surface area contributed by atoms with E-state index in [9.17, 15) is 8.42 Å². The minimum absolute atomic E-state index is 0.00569. The van der Waals surface area contributed by atoms with Gasteiger partial charge in [-0.2, -0.15) is 10.2 Å². The summed E-state index contributed by atoms with van der Waals surface area (Å²) in [5, 5.41) is 7.76. The molecule has 8 nitrogen and oxygen atoms in total. The number of nitrogen functional groups attached to an aromatic ring is 1. The van der Waals surface area contributed by atoms with Crippen molar-refractivity contribution in [1.82, 2.24) is 19.6 Å². The fourth-order valence-corrected chi connectivity index (χ4v) is 2.98. The quantitative estimate of drug-likeness (QED) is 0.806. The summed E-state index contributed by atoms with van der Waals surface area (Å²) < 4.78 is 29.7. The van der Waals surface area contributed by atoms with Crippen LogP contribution in [0.3, 0.4) is 0 Å². The smallest absolute Gasteiger partial charge is 0.267 e. The Hall–Kier alpha value is -2.03. The van der Waals surface area contributed by atoms with Gasteiger partial charge in [0.15, 0.2) is 10.7 Å². The highest BCUT2D eigenvalue weighted by Gasteiger charge is 2.24. The molecule has 0 saturated carbocycles. The predicted molar refractivity (Wildman–Crippen MR) is 66.4 cm³/mol. The Morgan fingerprint density at radius 3 is 2.50 bits per heavy atom. The number of rotatable bonds is 3. The Morgan fingerprint density at radius 1 is 1.39 bits per heavy atom. The molecule has 98 valence electrons. The van der Waals surface area contributed by atoms with Gasteiger partial charge < -0.3 is 5.73 Å². The average Bonchev–Trinajstić information content (AvgIpc) is 2.72. The molecule has 0 fully saturated rings. The number of nitrogens with two attached hydrogens (primary N) is 1. The molecule has 0 radical (unpaired) electrons. The van der Waals surface area contributed by atoms with Gasteiger partial charge in [0.2, 0.25) is 0 Å². The van der Waals surface area contributed by atoms with E-state index < -0.39 is 10.0 Å². The number of aryl methyl sites for hydroxylation is 2. The van der Waals surface area contributed by atoms with Gasteiger partial charge in [-0.3, -0.25) is 14.1 Å². The van der Waals surface area contributed by atoms with E-state index in [0.29, 0.717) is 11.4 Å². The number of nitrogens with one attached hydrogen (secondary N) is 1. The van der Waals surface area contributed by atoms with E-state index in [0.717, 1.165) is 0 Å². The first-order valence-corrected chi connectivity index (χ1v) is 6.60. The highest BCUT2D eigenvalue weighted by molar-refractivity contribution is 7.93. The van der Waals surface area contributed by atoms with Crippen LogP contribution in [0.4, 0.5) is 11.5 Å². The topological polar surface area (TPSA) is 108 Å². The van der Waals surface area contributed by atoms with Crippen molar-refractivity contribution in [3.8, 4) is 0 Å². The molecule has 0 atom stereocenters. The van der Waals surface area contributed by atoms with Gasteiger partial charge in [-0.15, -0.1) is 0 Å². The summed E-state index contributed by atoms with van der Waals surface area (Å²) >= 11 is 0. The fourth-order valence-electron chi connectivity index (χ4n) is 1.63. The van der Waals surface area contributed by atoms with Crippen molar-refractivity contribution in [3.05, 3.63) is 18.1 Å². The lowest BCUT2D eigenvalue weighted by Gasteiger charge is -2.05. The van der Waals surface area contributed by atoms with Gasteiger partial charge in [0.05, 0.1) is 17.6 Å². The molecule has 0 aliphatic heterocycles. The number of hydrogen-bond donors (Lipinski definition) is 2. The molecule has 2 aromatic rings. The Morgan fingerprint density at radius 2 is 2.06 bits per heavy atom. The van der Waals surface area contributed by atoms with Gasteiger partial charge >= 0.3 is 0 Å². The Kier molecular flexibility index (Phi) is 2.77. The van der Waals surface area contributed by atoms with Crippen molar-refractivity contribution in [2.75, 3.05) is 10.5 Å². The summed E-state index contributed by atoms with van der Waals surface area (Å²) in [5.74, 6) is -0.0219. The van der Waals surface area contributed by atoms with E-state index in [-0.39, 0.29) is 10.7 Å². The fraction of sp³-hybridized carbons (Fsp3) is 0.333. The predicted octanol–water partition coefficient (Wildman–Crippen LogP) is -0.155. The normalized spacial score (nSPS) is 11.7. The van der Waals surface area contributed by atoms with E-state index >= 15 is 0 Å². The van der Waals surface area contributed by atoms with Crippen LogP contribution >= 0.6 is 0 Å². The largest absolute Gasteiger partial charge is 0.381 e. The third-order valence-electron chi connectivity index (χ3n) is 2.53. The van der Waals surface area contributed by atoms with Gasteiger partial charge in [-0.25, -0.2) is 8.42 Å². The Labute approximate surface area is 104 Å². The van der Waals surface area contributed by atoms with Crippen LogP contribution in [0.5, 0.6) is 0 Å². The first-order valence-electron chi connectivity index (χ1n) is 5.12. The third kappa shape index (κ3) is 2.04. The molecule has 0 amide bonds. The van der Waals surface area contributed by atoms with Crippen LogP contribution in [0.2, 0.25) is 0 Å². The zero-order chi connectivity index (χ0) is 13.5. The van der Waals surface area contributed by atoms with E-state index in [1.54, 1.807) is 27.2 Å². The van der Waals surface area contributed by atoms with Crippen LogP contribution in [-0.2, 0) is 24.1 Å². The number of aromatic nitrogens is 4. The van der Waals surface area contributed by atoms with Crippen LogP contribution in [0, 0.1) is 6.92 Å². The number of hydrogen-bond acceptors (Lipinski definition) is 5. The van der Waals surface area contributed by atoms with Crippen LogP contribution < -0.4 is 10.5 Å². The van der Waals surface area contributed by atoms with Crippen molar-refractivity contribution < 1.29 is 8.42 Å². The molecule has 0 unspecified atom stereocenters. The van der Waals surface area contributed by atoms with Crippen LogP contribution in [0.15, 0.2) is 17.3 Å². The van der Waals surface area contributed by atoms with Gasteiger partial charge in [0, 0.05) is 20.3 Å². The van der Waals surface area contributed by atoms with Crippen molar-refractivity contribution in [1.29, 1.82) is 0 Å². The minimum Gasteiger partial charge on any atom is -0.381 e.